The number of benzene rings is 3. The van der Waals surface area contributed by atoms with Crippen LogP contribution in [0.5, 0.6) is 0 Å². The number of nitrogens with one attached hydrogen (secondary N) is 1. The lowest BCUT2D eigenvalue weighted by Crippen LogP contribution is -2.82. The smallest absolute Gasteiger partial charge is 0.338 e. The van der Waals surface area contributed by atoms with Crippen LogP contribution in [-0.4, -0.2) is 97.3 Å². The molecule has 3 fully saturated rings. The van der Waals surface area contributed by atoms with Gasteiger partial charge in [-0.15, -0.1) is 11.3 Å². The highest BCUT2D eigenvalue weighted by atomic mass is 32.1. The summed E-state index contributed by atoms with van der Waals surface area (Å²) in [5.74, 6) is -6.50. The number of rotatable bonds is 14. The fraction of sp³-hybridized carbons (Fsp3) is 0.455. The molecule has 1 amide bonds. The Kier molecular flexibility index (Phi) is 14.3. The molecule has 4 aromatic rings. The van der Waals surface area contributed by atoms with Crippen molar-refractivity contribution in [3.05, 3.63) is 136 Å². The van der Waals surface area contributed by atoms with Gasteiger partial charge < -0.3 is 38.5 Å². The molecule has 1 aliphatic heterocycles. The monoisotopic (exact) mass is 1010 g/mol. The SMILES string of the molecule is CCC(=O)O[C@H]1C(=O)[C@@]2(C)C(C(OC(=O)c3ccccc3)[C@]3(O)C[C@H](OC(=O)[C@H](C)[C@@H](NC(=O)c4ccccc4)c4cccs4)C(C)=C1C3(C)C)[C@]1(OC(C)=O)CO[C@@H]1C[C@@H]2O[Si](C)(C)c1ccccc1. The molecule has 16 heteroatoms. The van der Waals surface area contributed by atoms with Crippen LogP contribution in [0.4, 0.5) is 0 Å². The molecule has 11 atom stereocenters. The van der Waals surface area contributed by atoms with Gasteiger partial charge in [0.15, 0.2) is 17.5 Å². The summed E-state index contributed by atoms with van der Waals surface area (Å²) in [6.45, 7) is 14.9. The highest BCUT2D eigenvalue weighted by Crippen LogP contribution is 2.65. The molecule has 2 unspecified atom stereocenters. The van der Waals surface area contributed by atoms with E-state index >= 15 is 4.79 Å². The Morgan fingerprint density at radius 2 is 1.49 bits per heavy atom. The van der Waals surface area contributed by atoms with E-state index in [-0.39, 0.29) is 30.6 Å². The average molecular weight is 1010 g/mol. The second kappa shape index (κ2) is 19.7. The zero-order valence-corrected chi connectivity index (χ0v) is 43.4. The van der Waals surface area contributed by atoms with Crippen LogP contribution in [0.15, 0.2) is 120 Å². The van der Waals surface area contributed by atoms with E-state index in [1.165, 1.54) is 18.3 Å². The van der Waals surface area contributed by atoms with E-state index in [0.717, 1.165) is 5.19 Å². The molecular weight excluding hydrogens is 943 g/mol. The number of carbonyl (C=O) groups excluding carboxylic acids is 6. The van der Waals surface area contributed by atoms with E-state index in [2.05, 4.69) is 5.32 Å². The van der Waals surface area contributed by atoms with Crippen LogP contribution in [0.1, 0.15) is 99.4 Å². The Bertz CT molecular complexity index is 2690. The standard InChI is InChI=1S/C55H63NO13SSi/c1-10-42(58)66-45-43-32(2)38(65-50(61)33(3)44(39-27-20-28-70-39)56-49(60)35-21-14-11-15-22-35)30-55(63,52(43,5)6)48(67-51(62)36-23-16-12-17-24-36)46-53(7,47(45)59)40(29-41-54(46,31-64-41)68-34(4)57)69-71(8,9)37-25-18-13-19-26-37/h11-28,33,38,40-41,44-46,48,63H,10,29-31H2,1-9H3,(H,56,60)/t33-,38+,40+,41-,44-,45-,46?,48?,53-,54+,55-/m1/s1. The fourth-order valence-corrected chi connectivity index (χ4v) is 14.7. The van der Waals surface area contributed by atoms with Crippen LogP contribution in [0, 0.1) is 22.7 Å². The highest BCUT2D eigenvalue weighted by molar-refractivity contribution is 7.10. The average Bonchev–Trinajstić information content (AvgIpc) is 3.89. The first-order valence-corrected chi connectivity index (χ1v) is 28.0. The van der Waals surface area contributed by atoms with Crippen molar-refractivity contribution in [2.45, 2.75) is 129 Å². The van der Waals surface area contributed by atoms with E-state index in [0.29, 0.717) is 16.0 Å². The number of ether oxygens (including phenoxy) is 5. The molecule has 376 valence electrons. The predicted octanol–water partition coefficient (Wildman–Crippen LogP) is 7.60. The summed E-state index contributed by atoms with van der Waals surface area (Å²) in [6, 6.07) is 29.2. The number of amides is 1. The lowest BCUT2D eigenvalue weighted by atomic mass is 9.44. The van der Waals surface area contributed by atoms with E-state index < -0.39 is 121 Å². The van der Waals surface area contributed by atoms with Gasteiger partial charge in [0.25, 0.3) is 5.91 Å². The summed E-state index contributed by atoms with van der Waals surface area (Å²) in [5.41, 5.74) is -6.42. The Labute approximate surface area is 419 Å². The van der Waals surface area contributed by atoms with Crippen molar-refractivity contribution in [3.8, 4) is 0 Å². The first-order chi connectivity index (χ1) is 33.6. The van der Waals surface area contributed by atoms with Crippen molar-refractivity contribution in [2.75, 3.05) is 6.61 Å². The Morgan fingerprint density at radius 3 is 2.06 bits per heavy atom. The van der Waals surface area contributed by atoms with Gasteiger partial charge in [0.1, 0.15) is 23.9 Å². The summed E-state index contributed by atoms with van der Waals surface area (Å²) in [4.78, 5) is 87.7. The summed E-state index contributed by atoms with van der Waals surface area (Å²) >= 11 is 1.35. The number of hydrogen-bond donors (Lipinski definition) is 2. The van der Waals surface area contributed by atoms with Gasteiger partial charge in [0, 0.05) is 42.0 Å². The molecular formula is C55H63NO13SSi. The molecule has 0 spiro atoms. The number of aliphatic hydroxyl groups is 1. The molecule has 14 nitrogen and oxygen atoms in total. The number of carbonyl (C=O) groups is 6. The second-order valence-corrected chi connectivity index (χ2v) is 25.3. The number of esters is 4. The minimum atomic E-state index is -2.98. The lowest BCUT2D eigenvalue weighted by molar-refractivity contribution is -0.344. The summed E-state index contributed by atoms with van der Waals surface area (Å²) < 4.78 is 39.5. The molecule has 2 bridgehead atoms. The van der Waals surface area contributed by atoms with Crippen molar-refractivity contribution in [1.29, 1.82) is 0 Å². The molecule has 71 heavy (non-hydrogen) atoms. The number of fused-ring (bicyclic) bond motifs is 5. The van der Waals surface area contributed by atoms with Gasteiger partial charge in [-0.05, 0) is 85.9 Å². The zero-order valence-electron chi connectivity index (χ0n) is 41.6. The Balaban J connectivity index is 1.32. The topological polar surface area (TPSA) is 190 Å². The minimum absolute atomic E-state index is 0.0489. The molecule has 2 saturated carbocycles. The van der Waals surface area contributed by atoms with Gasteiger partial charge in [-0.1, -0.05) is 93.6 Å². The summed E-state index contributed by atoms with van der Waals surface area (Å²) in [7, 11) is -2.98. The molecule has 8 rings (SSSR count). The first-order valence-electron chi connectivity index (χ1n) is 24.2. The number of thiophene rings is 1. The maximum Gasteiger partial charge on any atom is 0.338 e. The van der Waals surface area contributed by atoms with Crippen molar-refractivity contribution in [3.63, 3.8) is 0 Å². The van der Waals surface area contributed by atoms with Crippen molar-refractivity contribution >= 4 is 60.4 Å². The van der Waals surface area contributed by atoms with Gasteiger partial charge in [0.05, 0.1) is 41.6 Å². The first kappa shape index (κ1) is 51.6. The predicted molar refractivity (Wildman–Crippen MR) is 266 cm³/mol. The van der Waals surface area contributed by atoms with Gasteiger partial charge in [-0.3, -0.25) is 24.0 Å². The number of hydrogen-bond acceptors (Lipinski definition) is 14. The van der Waals surface area contributed by atoms with Crippen molar-refractivity contribution in [1.82, 2.24) is 5.32 Å². The largest absolute Gasteiger partial charge is 0.457 e. The van der Waals surface area contributed by atoms with Gasteiger partial charge in [-0.2, -0.15) is 0 Å². The molecule has 3 aliphatic carbocycles. The van der Waals surface area contributed by atoms with E-state index in [1.54, 1.807) is 102 Å². The zero-order chi connectivity index (χ0) is 51.3. The fourth-order valence-electron chi connectivity index (χ4n) is 11.6. The number of Topliss-reactive ketones (excluding diaryl/α,β-unsaturated/α-hetero) is 1. The van der Waals surface area contributed by atoms with Gasteiger partial charge >= 0.3 is 23.9 Å². The van der Waals surface area contributed by atoms with Crippen molar-refractivity contribution < 1.29 is 62.0 Å². The third-order valence-electron chi connectivity index (χ3n) is 15.6. The van der Waals surface area contributed by atoms with Crippen LogP contribution in [0.2, 0.25) is 13.1 Å². The second-order valence-electron chi connectivity index (χ2n) is 20.5. The molecule has 3 aromatic carbocycles. The summed E-state index contributed by atoms with van der Waals surface area (Å²) in [6.07, 6.45) is -7.15. The molecule has 0 radical (unpaired) electrons. The van der Waals surface area contributed by atoms with Gasteiger partial charge in [-0.25, -0.2) is 4.79 Å². The normalized spacial score (nSPS) is 29.6. The molecule has 1 aromatic heterocycles. The van der Waals surface area contributed by atoms with Gasteiger partial charge in [0.2, 0.25) is 8.32 Å². The quantitative estimate of drug-likeness (QED) is 0.0544. The maximum absolute atomic E-state index is 16.5. The molecule has 2 heterocycles. The van der Waals surface area contributed by atoms with E-state index in [9.17, 15) is 29.1 Å². The van der Waals surface area contributed by atoms with Crippen molar-refractivity contribution in [2.24, 2.45) is 22.7 Å². The molecule has 2 N–H and O–H groups in total. The lowest BCUT2D eigenvalue weighted by Gasteiger charge is -2.68. The third kappa shape index (κ3) is 9.11. The minimum Gasteiger partial charge on any atom is -0.457 e. The van der Waals surface area contributed by atoms with Crippen LogP contribution < -0.4 is 10.5 Å². The van der Waals surface area contributed by atoms with Crippen LogP contribution in [-0.2, 0) is 47.3 Å². The third-order valence-corrected chi connectivity index (χ3v) is 19.2. The Morgan fingerprint density at radius 1 is 0.873 bits per heavy atom. The number of ketones is 1. The summed E-state index contributed by atoms with van der Waals surface area (Å²) in [5, 5.41) is 20.0. The van der Waals surface area contributed by atoms with E-state index in [4.69, 9.17) is 28.1 Å². The van der Waals surface area contributed by atoms with Crippen LogP contribution in [0.3, 0.4) is 0 Å². The van der Waals surface area contributed by atoms with E-state index in [1.807, 2.05) is 60.9 Å². The Hall–Kier alpha value is -5.78. The highest BCUT2D eigenvalue weighted by Gasteiger charge is 2.79. The maximum atomic E-state index is 16.5. The molecule has 4 aliphatic rings. The van der Waals surface area contributed by atoms with Crippen LogP contribution in [0.25, 0.3) is 0 Å². The molecule has 1 saturated heterocycles. The van der Waals surface area contributed by atoms with Crippen LogP contribution >= 0.6 is 11.3 Å².